The van der Waals surface area contributed by atoms with E-state index in [4.69, 9.17) is 5.26 Å². The Kier molecular flexibility index (Phi) is 2.70. The molecule has 1 heterocycles. The maximum absolute atomic E-state index is 11.6. The van der Waals surface area contributed by atoms with Gasteiger partial charge in [-0.15, -0.1) is 0 Å². The number of aromatic nitrogens is 1. The molecular formula is C12H9N3O. The molecule has 0 aliphatic rings. The van der Waals surface area contributed by atoms with Crippen LogP contribution in [0.2, 0.25) is 0 Å². The van der Waals surface area contributed by atoms with Crippen molar-refractivity contribution in [1.82, 2.24) is 4.98 Å². The van der Waals surface area contributed by atoms with E-state index in [1.165, 1.54) is 0 Å². The van der Waals surface area contributed by atoms with Crippen molar-refractivity contribution in [3.63, 3.8) is 0 Å². The Morgan fingerprint density at radius 2 is 2.19 bits per heavy atom. The van der Waals surface area contributed by atoms with E-state index in [2.05, 4.69) is 10.3 Å². The van der Waals surface area contributed by atoms with Gasteiger partial charge in [-0.1, -0.05) is 6.07 Å². The molecule has 16 heavy (non-hydrogen) atoms. The van der Waals surface area contributed by atoms with Crippen LogP contribution >= 0.6 is 0 Å². The first-order valence-electron chi connectivity index (χ1n) is 4.74. The van der Waals surface area contributed by atoms with Crippen molar-refractivity contribution in [3.05, 3.63) is 53.9 Å². The highest BCUT2D eigenvalue weighted by atomic mass is 16.1. The molecule has 0 unspecified atom stereocenters. The first kappa shape index (κ1) is 9.99. The minimum atomic E-state index is -0.222. The summed E-state index contributed by atoms with van der Waals surface area (Å²) >= 11 is 0. The summed E-state index contributed by atoms with van der Waals surface area (Å²) in [6, 6.07) is 12.2. The Hall–Kier alpha value is -2.54. The van der Waals surface area contributed by atoms with E-state index in [0.29, 0.717) is 16.9 Å². The molecule has 0 atom stereocenters. The zero-order valence-corrected chi connectivity index (χ0v) is 8.40. The molecular weight excluding hydrogens is 202 g/mol. The van der Waals surface area contributed by atoms with Crippen molar-refractivity contribution in [2.45, 2.75) is 0 Å². The second-order valence-electron chi connectivity index (χ2n) is 3.23. The smallest absolute Gasteiger partial charge is 0.272 e. The first-order valence-corrected chi connectivity index (χ1v) is 4.74. The van der Waals surface area contributed by atoms with Gasteiger partial charge in [0.1, 0.15) is 5.69 Å². The Labute approximate surface area is 92.5 Å². The number of nitriles is 1. The SMILES string of the molecule is N#Cc1cccc(NC(=O)c2ccc[nH]2)c1. The zero-order chi connectivity index (χ0) is 11.4. The van der Waals surface area contributed by atoms with Crippen LogP contribution in [0, 0.1) is 11.3 Å². The Morgan fingerprint density at radius 1 is 1.31 bits per heavy atom. The molecule has 4 nitrogen and oxygen atoms in total. The van der Waals surface area contributed by atoms with E-state index in [1.807, 2.05) is 6.07 Å². The van der Waals surface area contributed by atoms with Gasteiger partial charge >= 0.3 is 0 Å². The highest BCUT2D eigenvalue weighted by molar-refractivity contribution is 6.02. The van der Waals surface area contributed by atoms with Crippen molar-refractivity contribution in [2.24, 2.45) is 0 Å². The quantitative estimate of drug-likeness (QED) is 0.799. The molecule has 2 aromatic rings. The van der Waals surface area contributed by atoms with Crippen molar-refractivity contribution in [1.29, 1.82) is 5.26 Å². The summed E-state index contributed by atoms with van der Waals surface area (Å²) in [5, 5.41) is 11.4. The fourth-order valence-electron chi connectivity index (χ4n) is 1.34. The molecule has 0 radical (unpaired) electrons. The van der Waals surface area contributed by atoms with Gasteiger partial charge in [0, 0.05) is 11.9 Å². The summed E-state index contributed by atoms with van der Waals surface area (Å²) in [5.41, 5.74) is 1.62. The van der Waals surface area contributed by atoms with Crippen LogP contribution in [0.4, 0.5) is 5.69 Å². The number of aromatic amines is 1. The normalized spacial score (nSPS) is 9.44. The molecule has 4 heteroatoms. The molecule has 2 N–H and O–H groups in total. The number of amides is 1. The average molecular weight is 211 g/mol. The van der Waals surface area contributed by atoms with Gasteiger partial charge in [-0.2, -0.15) is 5.26 Å². The lowest BCUT2D eigenvalue weighted by atomic mass is 10.2. The van der Waals surface area contributed by atoms with Gasteiger partial charge in [-0.3, -0.25) is 4.79 Å². The molecule has 78 valence electrons. The van der Waals surface area contributed by atoms with Gasteiger partial charge in [0.05, 0.1) is 11.6 Å². The monoisotopic (exact) mass is 211 g/mol. The van der Waals surface area contributed by atoms with Crippen LogP contribution in [0.15, 0.2) is 42.6 Å². The molecule has 0 spiro atoms. The molecule has 0 aliphatic carbocycles. The van der Waals surface area contributed by atoms with Crippen LogP contribution < -0.4 is 5.32 Å². The van der Waals surface area contributed by atoms with Crippen LogP contribution in [0.25, 0.3) is 0 Å². The predicted molar refractivity (Wildman–Crippen MR) is 59.9 cm³/mol. The number of nitrogens with zero attached hydrogens (tertiary/aromatic N) is 1. The highest BCUT2D eigenvalue weighted by Crippen LogP contribution is 2.10. The third kappa shape index (κ3) is 2.10. The Morgan fingerprint density at radius 3 is 2.88 bits per heavy atom. The molecule has 1 amide bonds. The Bertz CT molecular complexity index is 538. The van der Waals surface area contributed by atoms with Crippen molar-refractivity contribution in [2.75, 3.05) is 5.32 Å². The van der Waals surface area contributed by atoms with Gasteiger partial charge < -0.3 is 10.3 Å². The number of hydrogen-bond donors (Lipinski definition) is 2. The maximum Gasteiger partial charge on any atom is 0.272 e. The number of hydrogen-bond acceptors (Lipinski definition) is 2. The number of nitrogens with one attached hydrogen (secondary N) is 2. The summed E-state index contributed by atoms with van der Waals surface area (Å²) in [6.45, 7) is 0. The van der Waals surface area contributed by atoms with Gasteiger partial charge in [-0.25, -0.2) is 0 Å². The van der Waals surface area contributed by atoms with Crippen LogP contribution in [-0.4, -0.2) is 10.9 Å². The minimum absolute atomic E-state index is 0.222. The molecule has 0 bridgehead atoms. The van der Waals surface area contributed by atoms with E-state index >= 15 is 0 Å². The zero-order valence-electron chi connectivity index (χ0n) is 8.40. The minimum Gasteiger partial charge on any atom is -0.357 e. The molecule has 0 saturated heterocycles. The van der Waals surface area contributed by atoms with E-state index < -0.39 is 0 Å². The number of carbonyl (C=O) groups is 1. The lowest BCUT2D eigenvalue weighted by Crippen LogP contribution is -2.12. The summed E-state index contributed by atoms with van der Waals surface area (Å²) in [6.07, 6.45) is 1.68. The fourth-order valence-corrected chi connectivity index (χ4v) is 1.34. The largest absolute Gasteiger partial charge is 0.357 e. The lowest BCUT2D eigenvalue weighted by Gasteiger charge is -2.03. The van der Waals surface area contributed by atoms with Gasteiger partial charge in [-0.05, 0) is 30.3 Å². The third-order valence-corrected chi connectivity index (χ3v) is 2.09. The van der Waals surface area contributed by atoms with Gasteiger partial charge in [0.15, 0.2) is 0 Å². The summed E-state index contributed by atoms with van der Waals surface area (Å²) in [5.74, 6) is -0.222. The summed E-state index contributed by atoms with van der Waals surface area (Å²) in [4.78, 5) is 14.5. The third-order valence-electron chi connectivity index (χ3n) is 2.09. The molecule has 0 saturated carbocycles. The summed E-state index contributed by atoms with van der Waals surface area (Å²) < 4.78 is 0. The van der Waals surface area contributed by atoms with Crippen LogP contribution in [0.1, 0.15) is 16.1 Å². The second-order valence-corrected chi connectivity index (χ2v) is 3.23. The Balaban J connectivity index is 2.16. The van der Waals surface area contributed by atoms with E-state index in [0.717, 1.165) is 0 Å². The van der Waals surface area contributed by atoms with Crippen molar-refractivity contribution < 1.29 is 4.79 Å². The van der Waals surface area contributed by atoms with Crippen molar-refractivity contribution in [3.8, 4) is 6.07 Å². The average Bonchev–Trinajstić information content (AvgIpc) is 2.83. The molecule has 0 fully saturated rings. The standard InChI is InChI=1S/C12H9N3O/c13-8-9-3-1-4-10(7-9)15-12(16)11-5-2-6-14-11/h1-7,14H,(H,15,16). The van der Waals surface area contributed by atoms with Crippen LogP contribution in [0.3, 0.4) is 0 Å². The van der Waals surface area contributed by atoms with Gasteiger partial charge in [0.25, 0.3) is 5.91 Å². The number of H-pyrrole nitrogens is 1. The topological polar surface area (TPSA) is 68.7 Å². The first-order chi connectivity index (χ1) is 7.79. The maximum atomic E-state index is 11.6. The van der Waals surface area contributed by atoms with Crippen LogP contribution in [-0.2, 0) is 0 Å². The number of rotatable bonds is 2. The van der Waals surface area contributed by atoms with E-state index in [9.17, 15) is 4.79 Å². The van der Waals surface area contributed by atoms with E-state index in [1.54, 1.807) is 42.6 Å². The highest BCUT2D eigenvalue weighted by Gasteiger charge is 2.06. The molecule has 1 aromatic carbocycles. The number of anilines is 1. The number of benzene rings is 1. The molecule has 0 aliphatic heterocycles. The van der Waals surface area contributed by atoms with Crippen LogP contribution in [0.5, 0.6) is 0 Å². The fraction of sp³-hybridized carbons (Fsp3) is 0. The van der Waals surface area contributed by atoms with Crippen molar-refractivity contribution >= 4 is 11.6 Å². The molecule has 1 aromatic heterocycles. The number of carbonyl (C=O) groups excluding carboxylic acids is 1. The second kappa shape index (κ2) is 4.32. The predicted octanol–water partition coefficient (Wildman–Crippen LogP) is 2.14. The summed E-state index contributed by atoms with van der Waals surface area (Å²) in [7, 11) is 0. The van der Waals surface area contributed by atoms with Gasteiger partial charge in [0.2, 0.25) is 0 Å². The lowest BCUT2D eigenvalue weighted by molar-refractivity contribution is 0.102. The van der Waals surface area contributed by atoms with E-state index in [-0.39, 0.29) is 5.91 Å². The molecule has 2 rings (SSSR count).